The molecule has 0 aliphatic carbocycles. The zero-order chi connectivity index (χ0) is 9.61. The van der Waals surface area contributed by atoms with Crippen molar-refractivity contribution in [2.75, 3.05) is 0 Å². The molecule has 0 atom stereocenters. The zero-order valence-electron chi connectivity index (χ0n) is 6.83. The van der Waals surface area contributed by atoms with Crippen molar-refractivity contribution in [1.29, 1.82) is 0 Å². The molecule has 0 aromatic rings. The fraction of sp³-hybridized carbons (Fsp3) is 0.875. The highest BCUT2D eigenvalue weighted by atomic mass is 79.9. The summed E-state index contributed by atoms with van der Waals surface area (Å²) >= 11 is 6.48. The van der Waals surface area contributed by atoms with Gasteiger partial charge in [-0.1, -0.05) is 38.8 Å². The molecule has 0 aromatic heterocycles. The number of hydrogen-bond acceptors (Lipinski definition) is 0. The van der Waals surface area contributed by atoms with Crippen LogP contribution >= 0.6 is 31.9 Å². The number of alkyl halides is 4. The van der Waals surface area contributed by atoms with Crippen LogP contribution in [-0.2, 0) is 0 Å². The first-order valence-corrected chi connectivity index (χ1v) is 5.76. The summed E-state index contributed by atoms with van der Waals surface area (Å²) in [6.07, 6.45) is 1.44. The average molecular weight is 307 g/mol. The second kappa shape index (κ2) is 6.30. The first kappa shape index (κ1) is 12.8. The molecule has 0 aliphatic rings. The fourth-order valence-corrected chi connectivity index (χ4v) is 1.55. The fourth-order valence-electron chi connectivity index (χ4n) is 0.899. The van der Waals surface area contributed by atoms with Gasteiger partial charge in [0.2, 0.25) is 5.92 Å². The maximum absolute atomic E-state index is 12.8. The van der Waals surface area contributed by atoms with E-state index in [1.807, 2.05) is 0 Å². The lowest BCUT2D eigenvalue weighted by molar-refractivity contribution is -0.0172. The van der Waals surface area contributed by atoms with E-state index >= 15 is 0 Å². The third-order valence-corrected chi connectivity index (χ3v) is 2.42. The monoisotopic (exact) mass is 305 g/mol. The van der Waals surface area contributed by atoms with E-state index in [9.17, 15) is 8.78 Å². The van der Waals surface area contributed by atoms with Crippen molar-refractivity contribution >= 4 is 31.9 Å². The Morgan fingerprint density at radius 1 is 1.25 bits per heavy atom. The number of halogens is 4. The summed E-state index contributed by atoms with van der Waals surface area (Å²) in [5.41, 5.74) is 0. The van der Waals surface area contributed by atoms with Crippen LogP contribution in [0.15, 0.2) is 0 Å². The highest BCUT2D eigenvalue weighted by Crippen LogP contribution is 2.28. The molecule has 0 bridgehead atoms. The highest BCUT2D eigenvalue weighted by molar-refractivity contribution is 9.24. The first-order valence-electron chi connectivity index (χ1n) is 3.93. The van der Waals surface area contributed by atoms with Gasteiger partial charge in [0.25, 0.3) is 0 Å². The van der Waals surface area contributed by atoms with Crippen molar-refractivity contribution in [2.24, 2.45) is 0 Å². The molecule has 0 aromatic carbocycles. The van der Waals surface area contributed by atoms with E-state index < -0.39 is 5.92 Å². The van der Waals surface area contributed by atoms with Gasteiger partial charge in [-0.15, -0.1) is 0 Å². The molecule has 0 saturated carbocycles. The quantitative estimate of drug-likeness (QED) is 0.633. The Morgan fingerprint density at radius 2 is 1.83 bits per heavy atom. The van der Waals surface area contributed by atoms with Gasteiger partial charge in [-0.05, 0) is 19.3 Å². The molecule has 73 valence electrons. The largest absolute Gasteiger partial charge is 0.248 e. The Morgan fingerprint density at radius 3 is 2.25 bits per heavy atom. The normalized spacial score (nSPS) is 12.5. The summed E-state index contributed by atoms with van der Waals surface area (Å²) in [6, 6.07) is 0. The van der Waals surface area contributed by atoms with E-state index in [1.54, 1.807) is 0 Å². The molecule has 0 heterocycles. The number of hydrogen-bond donors (Lipinski definition) is 0. The summed E-state index contributed by atoms with van der Waals surface area (Å²) < 4.78 is 25.8. The van der Waals surface area contributed by atoms with Crippen LogP contribution in [-0.4, -0.2) is 9.66 Å². The highest BCUT2D eigenvalue weighted by Gasteiger charge is 2.26. The molecule has 0 unspecified atom stereocenters. The van der Waals surface area contributed by atoms with Gasteiger partial charge in [-0.25, -0.2) is 8.78 Å². The Labute approximate surface area is 89.4 Å². The van der Waals surface area contributed by atoms with Gasteiger partial charge in [0.1, 0.15) is 0 Å². The summed E-state index contributed by atoms with van der Waals surface area (Å²) in [6.45, 7) is 3.42. The Kier molecular flexibility index (Phi) is 6.73. The maximum atomic E-state index is 12.8. The van der Waals surface area contributed by atoms with Gasteiger partial charge in [0.15, 0.2) is 0 Å². The van der Waals surface area contributed by atoms with Crippen LogP contribution < -0.4 is 0 Å². The molecule has 0 saturated heterocycles. The third kappa shape index (κ3) is 7.47. The van der Waals surface area contributed by atoms with Crippen molar-refractivity contribution in [3.63, 3.8) is 0 Å². The SMILES string of the molecule is [CH2]CCC(F)(F)CCCC(Br)Br. The van der Waals surface area contributed by atoms with Gasteiger partial charge >= 0.3 is 0 Å². The van der Waals surface area contributed by atoms with Gasteiger partial charge in [-0.3, -0.25) is 0 Å². The van der Waals surface area contributed by atoms with Crippen molar-refractivity contribution < 1.29 is 8.78 Å². The Bertz CT molecular complexity index is 116. The van der Waals surface area contributed by atoms with Crippen LogP contribution in [0.5, 0.6) is 0 Å². The minimum Gasteiger partial charge on any atom is -0.207 e. The topological polar surface area (TPSA) is 0 Å². The Hall–Kier alpha value is 0.820. The van der Waals surface area contributed by atoms with Gasteiger partial charge in [0, 0.05) is 12.8 Å². The summed E-state index contributed by atoms with van der Waals surface area (Å²) in [7, 11) is 0. The molecule has 4 heteroatoms. The van der Waals surface area contributed by atoms with Crippen LogP contribution in [0.3, 0.4) is 0 Å². The van der Waals surface area contributed by atoms with Crippen molar-refractivity contribution in [1.82, 2.24) is 0 Å². The Balaban J connectivity index is 3.46. The van der Waals surface area contributed by atoms with Crippen molar-refractivity contribution in [2.45, 2.75) is 41.8 Å². The van der Waals surface area contributed by atoms with Crippen LogP contribution in [0.2, 0.25) is 0 Å². The minimum absolute atomic E-state index is 0.0315. The van der Waals surface area contributed by atoms with Crippen molar-refractivity contribution in [3.8, 4) is 0 Å². The molecule has 0 N–H and O–H groups in total. The van der Waals surface area contributed by atoms with E-state index in [2.05, 4.69) is 38.8 Å². The number of rotatable bonds is 6. The lowest BCUT2D eigenvalue weighted by Gasteiger charge is -2.14. The van der Waals surface area contributed by atoms with E-state index in [0.29, 0.717) is 12.8 Å². The van der Waals surface area contributed by atoms with Crippen LogP contribution in [0.25, 0.3) is 0 Å². The zero-order valence-corrected chi connectivity index (χ0v) is 10.0. The van der Waals surface area contributed by atoms with E-state index in [1.165, 1.54) is 0 Å². The molecule has 0 aliphatic heterocycles. The first-order chi connectivity index (χ1) is 5.48. The second-order valence-corrected chi connectivity index (χ2v) is 6.18. The summed E-state index contributed by atoms with van der Waals surface area (Å²) in [5, 5.41) is 0. The van der Waals surface area contributed by atoms with E-state index in [4.69, 9.17) is 0 Å². The lowest BCUT2D eigenvalue weighted by Crippen LogP contribution is -2.15. The summed E-state index contributed by atoms with van der Waals surface area (Å²) in [5.74, 6) is -2.52. The van der Waals surface area contributed by atoms with E-state index in [-0.39, 0.29) is 16.6 Å². The second-order valence-electron chi connectivity index (χ2n) is 2.74. The lowest BCUT2D eigenvalue weighted by atomic mass is 10.1. The van der Waals surface area contributed by atoms with Gasteiger partial charge in [-0.2, -0.15) is 0 Å². The third-order valence-electron chi connectivity index (χ3n) is 1.51. The van der Waals surface area contributed by atoms with Gasteiger partial charge < -0.3 is 0 Å². The van der Waals surface area contributed by atoms with Crippen LogP contribution in [0.1, 0.15) is 32.1 Å². The minimum atomic E-state index is -2.52. The predicted molar refractivity (Wildman–Crippen MR) is 55.0 cm³/mol. The van der Waals surface area contributed by atoms with Crippen LogP contribution in [0.4, 0.5) is 8.78 Å². The molecule has 12 heavy (non-hydrogen) atoms. The molecule has 0 rings (SSSR count). The molecule has 1 radical (unpaired) electrons. The molecule has 0 spiro atoms. The maximum Gasteiger partial charge on any atom is 0.248 e. The van der Waals surface area contributed by atoms with Crippen LogP contribution in [0, 0.1) is 6.92 Å². The smallest absolute Gasteiger partial charge is 0.207 e. The molecule has 0 fully saturated rings. The molecular formula is C8H13Br2F2. The molecular weight excluding hydrogens is 294 g/mol. The summed E-state index contributed by atoms with van der Waals surface area (Å²) in [4.78, 5) is 0. The molecule has 0 amide bonds. The molecule has 0 nitrogen and oxygen atoms in total. The standard InChI is InChI=1S/C8H13Br2F2/c1-2-5-8(11,12)6-3-4-7(9)10/h7H,1-6H2. The average Bonchev–Trinajstić information content (AvgIpc) is 1.85. The van der Waals surface area contributed by atoms with Gasteiger partial charge in [0.05, 0.1) is 3.74 Å². The predicted octanol–water partition coefficient (Wildman–Crippen LogP) is 4.52. The van der Waals surface area contributed by atoms with Crippen molar-refractivity contribution in [3.05, 3.63) is 6.92 Å². The van der Waals surface area contributed by atoms with E-state index in [0.717, 1.165) is 6.42 Å².